The summed E-state index contributed by atoms with van der Waals surface area (Å²) in [6, 6.07) is 12.5. The number of nitrogens with one attached hydrogen (secondary N) is 1. The third-order valence-corrected chi connectivity index (χ3v) is 5.79. The fraction of sp³-hybridized carbons (Fsp3) is 0.400. The van der Waals surface area contributed by atoms with Gasteiger partial charge in [-0.1, -0.05) is 44.2 Å². The maximum atomic E-state index is 13.1. The second-order valence-electron chi connectivity index (χ2n) is 6.69. The second-order valence-corrected chi connectivity index (χ2v) is 8.37. The number of hydrogen-bond acceptors (Lipinski definition) is 4. The molecule has 2 rings (SSSR count). The van der Waals surface area contributed by atoms with Gasteiger partial charge in [0, 0.05) is 12.1 Å². The summed E-state index contributed by atoms with van der Waals surface area (Å²) in [5.74, 6) is 1.23. The molecule has 1 N–H and O–H groups in total. The largest absolute Gasteiger partial charge is 0.493 e. The smallest absolute Gasteiger partial charge is 0.241 e. The van der Waals surface area contributed by atoms with Crippen LogP contribution in [-0.4, -0.2) is 22.6 Å². The molecule has 26 heavy (non-hydrogen) atoms. The molecule has 0 spiro atoms. The van der Waals surface area contributed by atoms with Crippen LogP contribution < -0.4 is 14.2 Å². The van der Waals surface area contributed by atoms with E-state index in [1.54, 1.807) is 13.0 Å². The average molecular weight is 378 g/mol. The zero-order chi connectivity index (χ0) is 19.3. The van der Waals surface area contributed by atoms with Crippen molar-refractivity contribution in [3.63, 3.8) is 0 Å². The van der Waals surface area contributed by atoms with Gasteiger partial charge >= 0.3 is 0 Å². The molecule has 0 saturated heterocycles. The third kappa shape index (κ3) is 4.77. The number of hydrogen-bond donors (Lipinski definition) is 1. The van der Waals surface area contributed by atoms with Crippen LogP contribution in [-0.2, 0) is 10.0 Å². The molecule has 0 aromatic heterocycles. The third-order valence-electron chi connectivity index (χ3n) is 4.18. The summed E-state index contributed by atoms with van der Waals surface area (Å²) in [6.07, 6.45) is 0.704. The zero-order valence-electron chi connectivity index (χ0n) is 15.9. The van der Waals surface area contributed by atoms with Crippen molar-refractivity contribution in [2.24, 2.45) is 5.92 Å². The van der Waals surface area contributed by atoms with Crippen LogP contribution in [0.4, 0.5) is 0 Å². The van der Waals surface area contributed by atoms with Gasteiger partial charge < -0.3 is 9.47 Å². The Hall–Kier alpha value is -2.05. The van der Waals surface area contributed by atoms with Gasteiger partial charge in [-0.25, -0.2) is 13.1 Å². The normalized spacial score (nSPS) is 12.8. The topological polar surface area (TPSA) is 64.6 Å². The van der Waals surface area contributed by atoms with Crippen molar-refractivity contribution in [1.29, 1.82) is 0 Å². The standard InChI is InChI=1S/C20H27NO4S/c1-14(2)11-17(16-9-7-6-8-10-16)21-26(22,23)20-13-19(25-5)18(24-4)12-15(20)3/h6-10,12-14,17,21H,11H2,1-5H3. The van der Waals surface area contributed by atoms with E-state index in [1.165, 1.54) is 20.3 Å². The predicted octanol–water partition coefficient (Wildman–Crippen LogP) is 4.08. The summed E-state index contributed by atoms with van der Waals surface area (Å²) in [4.78, 5) is 0.194. The Labute approximate surface area is 156 Å². The maximum absolute atomic E-state index is 13.1. The van der Waals surface area contributed by atoms with Crippen molar-refractivity contribution in [2.45, 2.75) is 38.1 Å². The lowest BCUT2D eigenvalue weighted by Crippen LogP contribution is -2.30. The van der Waals surface area contributed by atoms with Crippen LogP contribution in [0.25, 0.3) is 0 Å². The van der Waals surface area contributed by atoms with Crippen molar-refractivity contribution in [2.75, 3.05) is 14.2 Å². The summed E-state index contributed by atoms with van der Waals surface area (Å²) in [5, 5.41) is 0. The highest BCUT2D eigenvalue weighted by Crippen LogP contribution is 2.33. The highest BCUT2D eigenvalue weighted by atomic mass is 32.2. The molecule has 0 radical (unpaired) electrons. The van der Waals surface area contributed by atoms with Gasteiger partial charge in [-0.05, 0) is 36.5 Å². The Balaban J connectivity index is 2.42. The van der Waals surface area contributed by atoms with Crippen LogP contribution in [0.2, 0.25) is 0 Å². The zero-order valence-corrected chi connectivity index (χ0v) is 16.8. The SMILES string of the molecule is COc1cc(C)c(S(=O)(=O)NC(CC(C)C)c2ccccc2)cc1OC. The molecule has 0 heterocycles. The summed E-state index contributed by atoms with van der Waals surface area (Å²) in [6.45, 7) is 5.90. The molecule has 0 aliphatic carbocycles. The Morgan fingerprint density at radius 1 is 1.00 bits per heavy atom. The van der Waals surface area contributed by atoms with Crippen LogP contribution in [0.15, 0.2) is 47.4 Å². The Bertz CT molecular complexity index is 832. The number of ether oxygens (including phenoxy) is 2. The van der Waals surface area contributed by atoms with E-state index in [0.29, 0.717) is 29.4 Å². The Morgan fingerprint density at radius 3 is 2.12 bits per heavy atom. The Morgan fingerprint density at radius 2 is 1.58 bits per heavy atom. The summed E-state index contributed by atoms with van der Waals surface area (Å²) < 4.78 is 39.5. The van der Waals surface area contributed by atoms with Gasteiger partial charge in [0.15, 0.2) is 11.5 Å². The highest BCUT2D eigenvalue weighted by molar-refractivity contribution is 7.89. The molecule has 0 saturated carbocycles. The molecule has 5 nitrogen and oxygen atoms in total. The number of benzene rings is 2. The quantitative estimate of drug-likeness (QED) is 0.753. The maximum Gasteiger partial charge on any atom is 0.241 e. The van der Waals surface area contributed by atoms with Crippen molar-refractivity contribution >= 4 is 10.0 Å². The minimum atomic E-state index is -3.73. The van der Waals surface area contributed by atoms with Gasteiger partial charge in [0.2, 0.25) is 10.0 Å². The van der Waals surface area contributed by atoms with Crippen molar-refractivity contribution in [1.82, 2.24) is 4.72 Å². The van der Waals surface area contributed by atoms with E-state index in [4.69, 9.17) is 9.47 Å². The molecule has 0 amide bonds. The molecule has 1 unspecified atom stereocenters. The van der Waals surface area contributed by atoms with E-state index in [2.05, 4.69) is 18.6 Å². The predicted molar refractivity (Wildman–Crippen MR) is 103 cm³/mol. The minimum absolute atomic E-state index is 0.194. The van der Waals surface area contributed by atoms with Crippen molar-refractivity contribution in [3.8, 4) is 11.5 Å². The molecule has 2 aromatic carbocycles. The van der Waals surface area contributed by atoms with Crippen molar-refractivity contribution < 1.29 is 17.9 Å². The molecular weight excluding hydrogens is 350 g/mol. The van der Waals surface area contributed by atoms with Gasteiger partial charge in [0.25, 0.3) is 0 Å². The van der Waals surface area contributed by atoms with Gasteiger partial charge in [0.05, 0.1) is 19.1 Å². The minimum Gasteiger partial charge on any atom is -0.493 e. The first-order valence-corrected chi connectivity index (χ1v) is 10.1. The van der Waals surface area contributed by atoms with E-state index in [0.717, 1.165) is 5.56 Å². The lowest BCUT2D eigenvalue weighted by Gasteiger charge is -2.22. The molecule has 2 aromatic rings. The van der Waals surface area contributed by atoms with Crippen LogP contribution >= 0.6 is 0 Å². The van der Waals surface area contributed by atoms with E-state index in [-0.39, 0.29) is 10.9 Å². The molecule has 6 heteroatoms. The first-order chi connectivity index (χ1) is 12.3. The molecule has 0 bridgehead atoms. The monoisotopic (exact) mass is 377 g/mol. The molecule has 142 valence electrons. The van der Waals surface area contributed by atoms with Crippen LogP contribution in [0, 0.1) is 12.8 Å². The lowest BCUT2D eigenvalue weighted by atomic mass is 9.98. The first-order valence-electron chi connectivity index (χ1n) is 8.58. The molecule has 0 aliphatic heterocycles. The fourth-order valence-corrected chi connectivity index (χ4v) is 4.39. The summed E-state index contributed by atoms with van der Waals surface area (Å²) in [7, 11) is -0.713. The molecular formula is C20H27NO4S. The summed E-state index contributed by atoms with van der Waals surface area (Å²) >= 11 is 0. The van der Waals surface area contributed by atoms with Crippen LogP contribution in [0.1, 0.15) is 37.4 Å². The van der Waals surface area contributed by atoms with Gasteiger partial charge in [-0.3, -0.25) is 0 Å². The van der Waals surface area contributed by atoms with E-state index >= 15 is 0 Å². The average Bonchev–Trinajstić information content (AvgIpc) is 2.60. The van der Waals surface area contributed by atoms with Gasteiger partial charge in [-0.2, -0.15) is 0 Å². The van der Waals surface area contributed by atoms with Crippen LogP contribution in [0.5, 0.6) is 11.5 Å². The molecule has 1 atom stereocenters. The van der Waals surface area contributed by atoms with Crippen LogP contribution in [0.3, 0.4) is 0 Å². The summed E-state index contributed by atoms with van der Waals surface area (Å²) in [5.41, 5.74) is 1.55. The fourth-order valence-electron chi connectivity index (χ4n) is 2.91. The van der Waals surface area contributed by atoms with E-state index in [9.17, 15) is 8.42 Å². The highest BCUT2D eigenvalue weighted by Gasteiger charge is 2.25. The number of rotatable bonds is 8. The molecule has 0 aliphatic rings. The van der Waals surface area contributed by atoms with E-state index in [1.807, 2.05) is 30.3 Å². The second kappa shape index (κ2) is 8.56. The number of sulfonamides is 1. The number of methoxy groups -OCH3 is 2. The lowest BCUT2D eigenvalue weighted by molar-refractivity contribution is 0.353. The number of aryl methyl sites for hydroxylation is 1. The molecule has 0 fully saturated rings. The van der Waals surface area contributed by atoms with Crippen molar-refractivity contribution in [3.05, 3.63) is 53.6 Å². The van der Waals surface area contributed by atoms with Gasteiger partial charge in [0.1, 0.15) is 0 Å². The first kappa shape index (κ1) is 20.3. The van der Waals surface area contributed by atoms with E-state index < -0.39 is 10.0 Å². The van der Waals surface area contributed by atoms with Gasteiger partial charge in [-0.15, -0.1) is 0 Å². The Kier molecular flexibility index (Phi) is 6.67.